The second-order valence-corrected chi connectivity index (χ2v) is 7.01. The normalized spacial score (nSPS) is 27.6. The molecule has 1 amide bonds. The Balaban J connectivity index is 1.39. The van der Waals surface area contributed by atoms with Crippen LogP contribution in [0.1, 0.15) is 70.6 Å². The van der Waals surface area contributed by atoms with Crippen LogP contribution in [0.5, 0.6) is 0 Å². The van der Waals surface area contributed by atoms with E-state index in [1.807, 2.05) is 0 Å². The minimum atomic E-state index is -0.317. The number of hydrogen-bond donors (Lipinski definition) is 1. The number of nitrogens with one attached hydrogen (secondary N) is 1. The first kappa shape index (κ1) is 15.3. The summed E-state index contributed by atoms with van der Waals surface area (Å²) in [5, 5.41) is 3.24. The number of amides is 1. The van der Waals surface area contributed by atoms with E-state index >= 15 is 0 Å². The summed E-state index contributed by atoms with van der Waals surface area (Å²) in [7, 11) is 0. The summed E-state index contributed by atoms with van der Waals surface area (Å²) in [6.45, 7) is 1.44. The number of carbonyl (C=O) groups excluding carboxylic acids is 1. The molecule has 0 aromatic carbocycles. The van der Waals surface area contributed by atoms with Gasteiger partial charge in [-0.05, 0) is 31.6 Å². The smallest absolute Gasteiger partial charge is 0.220 e. The van der Waals surface area contributed by atoms with Crippen molar-refractivity contribution in [3.63, 3.8) is 0 Å². The van der Waals surface area contributed by atoms with Gasteiger partial charge in [0.2, 0.25) is 5.91 Å². The Hall–Kier alpha value is -0.610. The second kappa shape index (κ2) is 7.10. The lowest BCUT2D eigenvalue weighted by Crippen LogP contribution is -2.44. The van der Waals surface area contributed by atoms with Gasteiger partial charge in [0, 0.05) is 25.3 Å². The molecule has 2 aliphatic carbocycles. The van der Waals surface area contributed by atoms with E-state index in [0.717, 1.165) is 45.3 Å². The second-order valence-electron chi connectivity index (χ2n) is 7.01. The molecule has 2 saturated carbocycles. The molecule has 0 radical (unpaired) electrons. The zero-order valence-electron chi connectivity index (χ0n) is 13.1. The fraction of sp³-hybridized carbons (Fsp3) is 0.941. The molecule has 4 nitrogen and oxygen atoms in total. The summed E-state index contributed by atoms with van der Waals surface area (Å²) >= 11 is 0. The van der Waals surface area contributed by atoms with E-state index in [1.54, 1.807) is 0 Å². The molecule has 1 heterocycles. The molecule has 0 aromatic rings. The third kappa shape index (κ3) is 4.19. The number of rotatable bonds is 3. The van der Waals surface area contributed by atoms with E-state index in [-0.39, 0.29) is 11.7 Å². The third-order valence-corrected chi connectivity index (χ3v) is 5.37. The van der Waals surface area contributed by atoms with Crippen LogP contribution in [0.4, 0.5) is 0 Å². The zero-order valence-corrected chi connectivity index (χ0v) is 13.1. The molecule has 3 aliphatic rings. The van der Waals surface area contributed by atoms with Gasteiger partial charge in [-0.1, -0.05) is 25.7 Å². The van der Waals surface area contributed by atoms with Crippen molar-refractivity contribution in [1.29, 1.82) is 0 Å². The average Bonchev–Trinajstić information content (AvgIpc) is 2.78. The average molecular weight is 295 g/mol. The maximum absolute atomic E-state index is 12.2. The Kier molecular flexibility index (Phi) is 5.17. The molecule has 3 fully saturated rings. The van der Waals surface area contributed by atoms with Crippen LogP contribution in [0.15, 0.2) is 0 Å². The summed E-state index contributed by atoms with van der Waals surface area (Å²) in [6, 6.07) is 0.321. The summed E-state index contributed by atoms with van der Waals surface area (Å²) < 4.78 is 11.5. The van der Waals surface area contributed by atoms with Gasteiger partial charge in [-0.3, -0.25) is 4.79 Å². The molecule has 0 unspecified atom stereocenters. The molecule has 0 atom stereocenters. The molecular formula is C17H29NO3. The Morgan fingerprint density at radius 2 is 1.57 bits per heavy atom. The lowest BCUT2D eigenvalue weighted by Gasteiger charge is -2.35. The van der Waals surface area contributed by atoms with Crippen LogP contribution in [-0.4, -0.2) is 30.9 Å². The highest BCUT2D eigenvalue weighted by Crippen LogP contribution is 2.35. The lowest BCUT2D eigenvalue weighted by molar-refractivity contribution is -0.180. The van der Waals surface area contributed by atoms with Crippen LogP contribution in [-0.2, 0) is 14.3 Å². The molecular weight excluding hydrogens is 266 g/mol. The van der Waals surface area contributed by atoms with E-state index in [9.17, 15) is 4.79 Å². The highest BCUT2D eigenvalue weighted by atomic mass is 16.7. The molecule has 0 bridgehead atoms. The molecule has 4 heteroatoms. The van der Waals surface area contributed by atoms with Gasteiger partial charge in [0.05, 0.1) is 13.2 Å². The van der Waals surface area contributed by atoms with Crippen molar-refractivity contribution in [2.24, 2.45) is 5.92 Å². The molecule has 120 valence electrons. The van der Waals surface area contributed by atoms with Crippen molar-refractivity contribution in [3.8, 4) is 0 Å². The quantitative estimate of drug-likeness (QED) is 0.814. The predicted octanol–water partition coefficient (Wildman–Crippen LogP) is 3.15. The maximum atomic E-state index is 12.2. The van der Waals surface area contributed by atoms with Crippen molar-refractivity contribution in [2.45, 2.75) is 82.5 Å². The third-order valence-electron chi connectivity index (χ3n) is 5.37. The molecule has 0 aromatic heterocycles. The van der Waals surface area contributed by atoms with Crippen LogP contribution in [0.2, 0.25) is 0 Å². The Morgan fingerprint density at radius 3 is 2.19 bits per heavy atom. The fourth-order valence-electron chi connectivity index (χ4n) is 4.10. The van der Waals surface area contributed by atoms with Gasteiger partial charge in [0.1, 0.15) is 0 Å². The van der Waals surface area contributed by atoms with Crippen molar-refractivity contribution in [3.05, 3.63) is 0 Å². The molecule has 1 aliphatic heterocycles. The highest BCUT2D eigenvalue weighted by molar-refractivity contribution is 5.76. The number of ether oxygens (including phenoxy) is 2. The zero-order chi connectivity index (χ0) is 14.5. The maximum Gasteiger partial charge on any atom is 0.220 e. The number of carbonyl (C=O) groups is 1. The minimum absolute atomic E-state index is 0.260. The van der Waals surface area contributed by atoms with Gasteiger partial charge in [-0.25, -0.2) is 0 Å². The van der Waals surface area contributed by atoms with Gasteiger partial charge in [0.25, 0.3) is 0 Å². The highest BCUT2D eigenvalue weighted by Gasteiger charge is 2.40. The van der Waals surface area contributed by atoms with E-state index in [2.05, 4.69) is 5.32 Å². The van der Waals surface area contributed by atoms with Gasteiger partial charge in [0.15, 0.2) is 5.79 Å². The Morgan fingerprint density at radius 1 is 0.952 bits per heavy atom. The van der Waals surface area contributed by atoms with Crippen molar-refractivity contribution >= 4 is 5.91 Å². The topological polar surface area (TPSA) is 47.6 Å². The summed E-state index contributed by atoms with van der Waals surface area (Å²) in [5.41, 5.74) is 0. The van der Waals surface area contributed by atoms with Crippen LogP contribution in [0.3, 0.4) is 0 Å². The van der Waals surface area contributed by atoms with Gasteiger partial charge in [-0.2, -0.15) is 0 Å². The SMILES string of the molecule is O=C(CC1CCCCCC1)NC1CCC2(CC1)OCCO2. The predicted molar refractivity (Wildman–Crippen MR) is 80.8 cm³/mol. The van der Waals surface area contributed by atoms with Crippen LogP contribution < -0.4 is 5.32 Å². The van der Waals surface area contributed by atoms with Crippen molar-refractivity contribution in [2.75, 3.05) is 13.2 Å². The molecule has 3 rings (SSSR count). The molecule has 1 spiro atoms. The first-order chi connectivity index (χ1) is 10.3. The fourth-order valence-corrected chi connectivity index (χ4v) is 4.10. The minimum Gasteiger partial charge on any atom is -0.353 e. The van der Waals surface area contributed by atoms with Crippen molar-refractivity contribution in [1.82, 2.24) is 5.32 Å². The van der Waals surface area contributed by atoms with Crippen LogP contribution in [0, 0.1) is 5.92 Å². The van der Waals surface area contributed by atoms with Crippen molar-refractivity contribution < 1.29 is 14.3 Å². The first-order valence-corrected chi connectivity index (χ1v) is 8.83. The van der Waals surface area contributed by atoms with E-state index in [0.29, 0.717) is 12.0 Å². The summed E-state index contributed by atoms with van der Waals surface area (Å²) in [6.07, 6.45) is 12.3. The first-order valence-electron chi connectivity index (χ1n) is 8.83. The lowest BCUT2D eigenvalue weighted by atomic mass is 9.89. The van der Waals surface area contributed by atoms with Gasteiger partial charge < -0.3 is 14.8 Å². The van der Waals surface area contributed by atoms with Crippen LogP contribution >= 0.6 is 0 Å². The largest absolute Gasteiger partial charge is 0.353 e. The van der Waals surface area contributed by atoms with E-state index in [4.69, 9.17) is 9.47 Å². The van der Waals surface area contributed by atoms with Gasteiger partial charge in [-0.15, -0.1) is 0 Å². The summed E-state index contributed by atoms with van der Waals surface area (Å²) in [4.78, 5) is 12.2. The Bertz CT molecular complexity index is 334. The van der Waals surface area contributed by atoms with E-state index in [1.165, 1.54) is 38.5 Å². The van der Waals surface area contributed by atoms with Gasteiger partial charge >= 0.3 is 0 Å². The summed E-state index contributed by atoms with van der Waals surface area (Å²) in [5.74, 6) is 0.558. The Labute approximate surface area is 127 Å². The monoisotopic (exact) mass is 295 g/mol. The number of hydrogen-bond acceptors (Lipinski definition) is 3. The van der Waals surface area contributed by atoms with Crippen LogP contribution in [0.25, 0.3) is 0 Å². The molecule has 1 saturated heterocycles. The van der Waals surface area contributed by atoms with E-state index < -0.39 is 0 Å². The standard InChI is InChI=1S/C17H29NO3/c19-16(13-14-5-3-1-2-4-6-14)18-15-7-9-17(10-8-15)20-11-12-21-17/h14-15H,1-13H2,(H,18,19). The molecule has 1 N–H and O–H groups in total. The molecule has 21 heavy (non-hydrogen) atoms.